The van der Waals surface area contributed by atoms with Gasteiger partial charge in [-0.3, -0.25) is 4.79 Å². The van der Waals surface area contributed by atoms with Crippen molar-refractivity contribution in [2.24, 2.45) is 0 Å². The predicted octanol–water partition coefficient (Wildman–Crippen LogP) is 1.99. The minimum atomic E-state index is -0.767. The molecule has 122 valence electrons. The van der Waals surface area contributed by atoms with Crippen molar-refractivity contribution in [3.05, 3.63) is 35.6 Å². The number of ether oxygens (including phenoxy) is 1. The van der Waals surface area contributed by atoms with E-state index in [0.717, 1.165) is 13.1 Å². The average Bonchev–Trinajstić information content (AvgIpc) is 2.53. The first-order chi connectivity index (χ1) is 10.4. The molecular weight excluding hydrogens is 283 g/mol. The highest BCUT2D eigenvalue weighted by Crippen LogP contribution is 2.26. The Bertz CT molecular complexity index is 525. The number of halogens is 1. The van der Waals surface area contributed by atoms with Crippen LogP contribution in [0.15, 0.2) is 24.3 Å². The van der Waals surface area contributed by atoms with Gasteiger partial charge in [0, 0.05) is 19.1 Å². The number of carbonyl (C=O) groups excluding carboxylic acids is 1. The summed E-state index contributed by atoms with van der Waals surface area (Å²) in [4.78, 5) is 12.6. The van der Waals surface area contributed by atoms with Gasteiger partial charge in [-0.15, -0.1) is 0 Å². The molecule has 2 N–H and O–H groups in total. The van der Waals surface area contributed by atoms with Gasteiger partial charge >= 0.3 is 0 Å². The molecule has 0 saturated carbocycles. The lowest BCUT2D eigenvalue weighted by atomic mass is 9.83. The van der Waals surface area contributed by atoms with Crippen molar-refractivity contribution in [1.29, 1.82) is 0 Å². The number of methoxy groups -OCH3 is 1. The molecule has 1 aliphatic heterocycles. The first kappa shape index (κ1) is 16.9. The van der Waals surface area contributed by atoms with Gasteiger partial charge in [0.05, 0.1) is 0 Å². The van der Waals surface area contributed by atoms with Crippen LogP contribution in [0, 0.1) is 5.82 Å². The van der Waals surface area contributed by atoms with Crippen molar-refractivity contribution < 1.29 is 13.9 Å². The summed E-state index contributed by atoms with van der Waals surface area (Å²) in [7, 11) is 1.58. The zero-order valence-electron chi connectivity index (χ0n) is 13.5. The van der Waals surface area contributed by atoms with Gasteiger partial charge in [-0.2, -0.15) is 0 Å². The van der Waals surface area contributed by atoms with Crippen molar-refractivity contribution in [2.45, 2.75) is 37.7 Å². The summed E-state index contributed by atoms with van der Waals surface area (Å²) in [5.74, 6) is -0.356. The van der Waals surface area contributed by atoms with Crippen molar-refractivity contribution in [3.8, 4) is 0 Å². The third kappa shape index (κ3) is 3.47. The van der Waals surface area contributed by atoms with Crippen LogP contribution in [0.2, 0.25) is 0 Å². The Morgan fingerprint density at radius 3 is 2.59 bits per heavy atom. The number of piperidine rings is 1. The fourth-order valence-electron chi connectivity index (χ4n) is 2.92. The Balaban J connectivity index is 2.05. The summed E-state index contributed by atoms with van der Waals surface area (Å²) in [6.45, 7) is 5.74. The average molecular weight is 308 g/mol. The van der Waals surface area contributed by atoms with Gasteiger partial charge in [0.15, 0.2) is 0 Å². The Morgan fingerprint density at radius 1 is 1.36 bits per heavy atom. The van der Waals surface area contributed by atoms with Gasteiger partial charge in [-0.1, -0.05) is 32.0 Å². The molecule has 1 amide bonds. The normalized spacial score (nSPS) is 18.0. The van der Waals surface area contributed by atoms with E-state index in [1.54, 1.807) is 19.2 Å². The van der Waals surface area contributed by atoms with Crippen LogP contribution in [-0.2, 0) is 14.9 Å². The van der Waals surface area contributed by atoms with Gasteiger partial charge in [-0.05, 0) is 37.6 Å². The summed E-state index contributed by atoms with van der Waals surface area (Å²) < 4.78 is 19.5. The zero-order chi connectivity index (χ0) is 16.2. The number of rotatable bonds is 5. The lowest BCUT2D eigenvalue weighted by Gasteiger charge is -2.36. The van der Waals surface area contributed by atoms with Crippen molar-refractivity contribution in [2.75, 3.05) is 26.7 Å². The maximum atomic E-state index is 14.0. The lowest BCUT2D eigenvalue weighted by molar-refractivity contribution is -0.146. The molecule has 0 aromatic heterocycles. The van der Waals surface area contributed by atoms with Crippen LogP contribution in [0.4, 0.5) is 4.39 Å². The maximum absolute atomic E-state index is 14.0. The molecule has 1 aromatic carbocycles. The molecule has 0 radical (unpaired) electrons. The molecule has 0 atom stereocenters. The Morgan fingerprint density at radius 2 is 2.00 bits per heavy atom. The topological polar surface area (TPSA) is 50.4 Å². The van der Waals surface area contributed by atoms with E-state index in [2.05, 4.69) is 10.6 Å². The van der Waals surface area contributed by atoms with Crippen molar-refractivity contribution >= 4 is 5.91 Å². The largest absolute Gasteiger partial charge is 0.368 e. The van der Waals surface area contributed by atoms with Crippen molar-refractivity contribution in [1.82, 2.24) is 10.6 Å². The van der Waals surface area contributed by atoms with Crippen LogP contribution >= 0.6 is 0 Å². The molecule has 0 unspecified atom stereocenters. The third-order valence-corrected chi connectivity index (χ3v) is 4.51. The second kappa shape index (κ2) is 6.75. The molecule has 4 nitrogen and oxygen atoms in total. The lowest BCUT2D eigenvalue weighted by Crippen LogP contribution is -2.55. The summed E-state index contributed by atoms with van der Waals surface area (Å²) >= 11 is 0. The monoisotopic (exact) mass is 308 g/mol. The summed E-state index contributed by atoms with van der Waals surface area (Å²) in [5, 5.41) is 6.18. The van der Waals surface area contributed by atoms with Crippen molar-refractivity contribution in [3.63, 3.8) is 0 Å². The maximum Gasteiger partial charge on any atom is 0.252 e. The predicted molar refractivity (Wildman–Crippen MR) is 84.3 cm³/mol. The van der Waals surface area contributed by atoms with Gasteiger partial charge in [-0.25, -0.2) is 4.39 Å². The smallest absolute Gasteiger partial charge is 0.252 e. The molecule has 1 aliphatic rings. The van der Waals surface area contributed by atoms with Crippen LogP contribution in [0.25, 0.3) is 0 Å². The number of carbonyl (C=O) groups is 1. The van der Waals surface area contributed by atoms with Gasteiger partial charge < -0.3 is 15.4 Å². The van der Waals surface area contributed by atoms with Gasteiger partial charge in [0.25, 0.3) is 5.91 Å². The minimum absolute atomic E-state index is 0.110. The minimum Gasteiger partial charge on any atom is -0.368 e. The van der Waals surface area contributed by atoms with Crippen LogP contribution in [0.1, 0.15) is 32.3 Å². The summed E-state index contributed by atoms with van der Waals surface area (Å²) in [5.41, 5.74) is -0.647. The number of amides is 1. The Labute approximate surface area is 131 Å². The Kier molecular flexibility index (Phi) is 5.19. The highest BCUT2D eigenvalue weighted by Gasteiger charge is 2.40. The van der Waals surface area contributed by atoms with Crippen LogP contribution < -0.4 is 10.6 Å². The SMILES string of the molecule is COC1(C(=O)NCC(C)(C)c2ccccc2F)CCNCC1. The number of benzene rings is 1. The van der Waals surface area contributed by atoms with Crippen LogP contribution in [-0.4, -0.2) is 38.3 Å². The molecule has 1 aromatic rings. The van der Waals surface area contributed by atoms with E-state index in [1.165, 1.54) is 6.07 Å². The number of nitrogens with one attached hydrogen (secondary N) is 2. The molecular formula is C17H25FN2O2. The molecule has 0 bridgehead atoms. The standard InChI is InChI=1S/C17H25FN2O2/c1-16(2,13-6-4-5-7-14(13)18)12-20-15(21)17(22-3)8-10-19-11-9-17/h4-7,19H,8-12H2,1-3H3,(H,20,21). The van der Waals surface area contributed by atoms with E-state index in [1.807, 2.05) is 19.9 Å². The number of hydrogen-bond acceptors (Lipinski definition) is 3. The summed E-state index contributed by atoms with van der Waals surface area (Å²) in [6, 6.07) is 6.69. The fourth-order valence-corrected chi connectivity index (χ4v) is 2.92. The van der Waals surface area contributed by atoms with Crippen LogP contribution in [0.5, 0.6) is 0 Å². The molecule has 1 saturated heterocycles. The molecule has 2 rings (SSSR count). The van der Waals surface area contributed by atoms with E-state index >= 15 is 0 Å². The molecule has 5 heteroatoms. The molecule has 1 heterocycles. The quantitative estimate of drug-likeness (QED) is 0.874. The molecule has 22 heavy (non-hydrogen) atoms. The zero-order valence-corrected chi connectivity index (χ0v) is 13.5. The summed E-state index contributed by atoms with van der Waals surface area (Å²) in [6.07, 6.45) is 1.30. The van der Waals surface area contributed by atoms with E-state index < -0.39 is 11.0 Å². The van der Waals surface area contributed by atoms with Gasteiger partial charge in [0.2, 0.25) is 0 Å². The second-order valence-corrected chi connectivity index (χ2v) is 6.49. The highest BCUT2D eigenvalue weighted by atomic mass is 19.1. The number of hydrogen-bond donors (Lipinski definition) is 2. The van der Waals surface area contributed by atoms with Crippen LogP contribution in [0.3, 0.4) is 0 Å². The highest BCUT2D eigenvalue weighted by molar-refractivity contribution is 5.85. The van der Waals surface area contributed by atoms with E-state index in [9.17, 15) is 9.18 Å². The van der Waals surface area contributed by atoms with E-state index in [0.29, 0.717) is 24.9 Å². The Hall–Kier alpha value is -1.46. The molecule has 0 spiro atoms. The fraction of sp³-hybridized carbons (Fsp3) is 0.588. The third-order valence-electron chi connectivity index (χ3n) is 4.51. The van der Waals surface area contributed by atoms with E-state index in [4.69, 9.17) is 4.74 Å². The first-order valence-corrected chi connectivity index (χ1v) is 7.70. The second-order valence-electron chi connectivity index (χ2n) is 6.49. The first-order valence-electron chi connectivity index (χ1n) is 7.70. The molecule has 0 aliphatic carbocycles. The van der Waals surface area contributed by atoms with Gasteiger partial charge in [0.1, 0.15) is 11.4 Å². The molecule has 1 fully saturated rings. The van der Waals surface area contributed by atoms with E-state index in [-0.39, 0.29) is 11.7 Å².